The maximum absolute atomic E-state index is 12.4. The molecule has 0 amide bonds. The van der Waals surface area contributed by atoms with Gasteiger partial charge in [-0.05, 0) is 36.6 Å². The van der Waals surface area contributed by atoms with Crippen LogP contribution in [0.5, 0.6) is 0 Å². The van der Waals surface area contributed by atoms with Crippen molar-refractivity contribution in [1.82, 2.24) is 0 Å². The van der Waals surface area contributed by atoms with Gasteiger partial charge in [-0.2, -0.15) is 8.42 Å². The first-order valence-electron chi connectivity index (χ1n) is 8.06. The Morgan fingerprint density at radius 1 is 1.12 bits per heavy atom. The topological polar surface area (TPSA) is 61.8 Å². The Hall–Kier alpha value is -2.34. The fourth-order valence-corrected chi connectivity index (χ4v) is 4.29. The van der Waals surface area contributed by atoms with Gasteiger partial charge in [0.2, 0.25) is 0 Å². The van der Waals surface area contributed by atoms with E-state index in [4.69, 9.17) is 0 Å². The zero-order valence-corrected chi connectivity index (χ0v) is 14.2. The van der Waals surface area contributed by atoms with Crippen LogP contribution in [0.15, 0.2) is 63.9 Å². The van der Waals surface area contributed by atoms with Crippen LogP contribution in [0.4, 0.5) is 11.4 Å². The fraction of sp³-hybridized carbons (Fsp3) is 0.278. The minimum atomic E-state index is -3.64. The number of nitrogens with zero attached hydrogens (tertiary/aromatic N) is 2. The van der Waals surface area contributed by atoms with Gasteiger partial charge in [-0.3, -0.25) is 0 Å². The molecule has 1 heterocycles. The van der Waals surface area contributed by atoms with E-state index in [2.05, 4.69) is 33.7 Å². The van der Waals surface area contributed by atoms with Crippen molar-refractivity contribution in [3.05, 3.63) is 54.6 Å². The quantitative estimate of drug-likeness (QED) is 0.928. The third-order valence-electron chi connectivity index (χ3n) is 4.55. The van der Waals surface area contributed by atoms with Crippen molar-refractivity contribution in [2.24, 2.45) is 10.3 Å². The van der Waals surface area contributed by atoms with Crippen molar-refractivity contribution in [3.8, 4) is 0 Å². The van der Waals surface area contributed by atoms with Gasteiger partial charge in [0.15, 0.2) is 0 Å². The SMILES string of the molecule is CC1CC1N(CC1=NS(=O)(=O)c2ccccc2N1)c1ccccc1. The Balaban J connectivity index is 1.66. The van der Waals surface area contributed by atoms with Crippen LogP contribution >= 0.6 is 0 Å². The van der Waals surface area contributed by atoms with Crippen LogP contribution in [0.1, 0.15) is 13.3 Å². The lowest BCUT2D eigenvalue weighted by Gasteiger charge is -2.28. The highest BCUT2D eigenvalue weighted by molar-refractivity contribution is 7.90. The third kappa shape index (κ3) is 2.78. The van der Waals surface area contributed by atoms with Gasteiger partial charge >= 0.3 is 0 Å². The highest BCUT2D eigenvalue weighted by atomic mass is 32.2. The first-order valence-corrected chi connectivity index (χ1v) is 9.50. The summed E-state index contributed by atoms with van der Waals surface area (Å²) in [6.45, 7) is 2.66. The largest absolute Gasteiger partial charge is 0.361 e. The van der Waals surface area contributed by atoms with E-state index < -0.39 is 10.0 Å². The summed E-state index contributed by atoms with van der Waals surface area (Å²) in [4.78, 5) is 2.47. The zero-order valence-electron chi connectivity index (χ0n) is 13.4. The number of amidine groups is 1. The Morgan fingerprint density at radius 3 is 2.50 bits per heavy atom. The Bertz CT molecular complexity index is 893. The molecule has 0 radical (unpaired) electrons. The normalized spacial score (nSPS) is 23.6. The van der Waals surface area contributed by atoms with Gasteiger partial charge in [-0.1, -0.05) is 37.3 Å². The van der Waals surface area contributed by atoms with Crippen LogP contribution in [0, 0.1) is 5.92 Å². The number of rotatable bonds is 4. The number of sulfonamides is 1. The highest BCUT2D eigenvalue weighted by Gasteiger charge is 2.39. The number of nitrogens with one attached hydrogen (secondary N) is 1. The summed E-state index contributed by atoms with van der Waals surface area (Å²) < 4.78 is 28.8. The van der Waals surface area contributed by atoms with Crippen molar-refractivity contribution in [2.75, 3.05) is 16.8 Å². The van der Waals surface area contributed by atoms with Gasteiger partial charge in [-0.25, -0.2) is 0 Å². The molecule has 0 bridgehead atoms. The van der Waals surface area contributed by atoms with Gasteiger partial charge in [0.25, 0.3) is 10.0 Å². The van der Waals surface area contributed by atoms with Gasteiger partial charge in [-0.15, -0.1) is 4.40 Å². The molecular formula is C18H19N3O2S. The predicted octanol–water partition coefficient (Wildman–Crippen LogP) is 3.11. The van der Waals surface area contributed by atoms with Crippen molar-refractivity contribution in [1.29, 1.82) is 0 Å². The summed E-state index contributed by atoms with van der Waals surface area (Å²) in [7, 11) is -3.64. The molecule has 1 aliphatic heterocycles. The lowest BCUT2D eigenvalue weighted by molar-refractivity contribution is 0.597. The summed E-state index contributed by atoms with van der Waals surface area (Å²) in [5, 5.41) is 3.18. The first-order chi connectivity index (χ1) is 11.5. The summed E-state index contributed by atoms with van der Waals surface area (Å²) in [5.41, 5.74) is 1.69. The lowest BCUT2D eigenvalue weighted by Crippen LogP contribution is -2.37. The van der Waals surface area contributed by atoms with Crippen LogP contribution in [0.3, 0.4) is 0 Å². The Morgan fingerprint density at radius 2 is 1.79 bits per heavy atom. The predicted molar refractivity (Wildman–Crippen MR) is 96.0 cm³/mol. The molecule has 2 atom stereocenters. The van der Waals surface area contributed by atoms with Gasteiger partial charge in [0.05, 0.1) is 12.2 Å². The van der Waals surface area contributed by atoms with E-state index in [0.717, 1.165) is 12.1 Å². The molecule has 1 fully saturated rings. The molecule has 0 spiro atoms. The molecule has 1 saturated carbocycles. The Labute approximate surface area is 142 Å². The molecule has 4 rings (SSSR count). The van der Waals surface area contributed by atoms with Crippen molar-refractivity contribution >= 4 is 27.2 Å². The van der Waals surface area contributed by atoms with E-state index in [1.807, 2.05) is 24.3 Å². The van der Waals surface area contributed by atoms with Crippen molar-refractivity contribution in [2.45, 2.75) is 24.3 Å². The number of fused-ring (bicyclic) bond motifs is 1. The van der Waals surface area contributed by atoms with E-state index in [0.29, 0.717) is 30.0 Å². The Kier molecular flexibility index (Phi) is 3.57. The second-order valence-electron chi connectivity index (χ2n) is 6.38. The van der Waals surface area contributed by atoms with Crippen molar-refractivity contribution < 1.29 is 8.42 Å². The zero-order chi connectivity index (χ0) is 16.7. The molecule has 0 aromatic heterocycles. The number of hydrogen-bond acceptors (Lipinski definition) is 4. The van der Waals surface area contributed by atoms with Gasteiger partial charge < -0.3 is 10.2 Å². The minimum absolute atomic E-state index is 0.236. The molecule has 124 valence electrons. The molecule has 0 saturated heterocycles. The summed E-state index contributed by atoms with van der Waals surface area (Å²) in [6.07, 6.45) is 1.12. The van der Waals surface area contributed by atoms with Gasteiger partial charge in [0, 0.05) is 11.7 Å². The second-order valence-corrected chi connectivity index (χ2v) is 7.95. The molecule has 6 heteroatoms. The van der Waals surface area contributed by atoms with E-state index in [1.54, 1.807) is 18.2 Å². The molecule has 2 aromatic carbocycles. The van der Waals surface area contributed by atoms with Gasteiger partial charge in [0.1, 0.15) is 10.7 Å². The maximum atomic E-state index is 12.4. The van der Waals surface area contributed by atoms with Crippen LogP contribution in [-0.2, 0) is 10.0 Å². The molecule has 5 nitrogen and oxygen atoms in total. The average Bonchev–Trinajstić information content (AvgIpc) is 3.29. The van der Waals surface area contributed by atoms with Crippen LogP contribution in [0.2, 0.25) is 0 Å². The molecule has 24 heavy (non-hydrogen) atoms. The molecule has 1 aliphatic carbocycles. The van der Waals surface area contributed by atoms with Crippen LogP contribution in [0.25, 0.3) is 0 Å². The number of benzene rings is 2. The van der Waals surface area contributed by atoms with E-state index in [1.165, 1.54) is 0 Å². The fourth-order valence-electron chi connectivity index (χ4n) is 3.15. The van der Waals surface area contributed by atoms with Crippen molar-refractivity contribution in [3.63, 3.8) is 0 Å². The summed E-state index contributed by atoms with van der Waals surface area (Å²) in [5.74, 6) is 1.08. The average molecular weight is 341 g/mol. The molecular weight excluding hydrogens is 322 g/mol. The first kappa shape index (κ1) is 15.2. The summed E-state index contributed by atoms with van der Waals surface area (Å²) >= 11 is 0. The van der Waals surface area contributed by atoms with E-state index in [9.17, 15) is 8.42 Å². The second kappa shape index (κ2) is 5.63. The lowest BCUT2D eigenvalue weighted by atomic mass is 10.2. The summed E-state index contributed by atoms with van der Waals surface area (Å²) in [6, 6.07) is 17.4. The standard InChI is InChI=1S/C18H19N3O2S/c1-13-11-16(13)21(14-7-3-2-4-8-14)12-18-19-15-9-5-6-10-17(15)24(22,23)20-18/h2-10,13,16H,11-12H2,1H3,(H,19,20). The number of hydrogen-bond donors (Lipinski definition) is 1. The third-order valence-corrected chi connectivity index (χ3v) is 5.92. The number of para-hydroxylation sites is 2. The smallest absolute Gasteiger partial charge is 0.286 e. The molecule has 2 aromatic rings. The van der Waals surface area contributed by atoms with Crippen LogP contribution in [-0.4, -0.2) is 26.8 Å². The van der Waals surface area contributed by atoms with E-state index in [-0.39, 0.29) is 4.90 Å². The highest BCUT2D eigenvalue weighted by Crippen LogP contribution is 2.38. The molecule has 2 unspecified atom stereocenters. The molecule has 2 aliphatic rings. The number of anilines is 2. The van der Waals surface area contributed by atoms with E-state index >= 15 is 0 Å². The monoisotopic (exact) mass is 341 g/mol. The minimum Gasteiger partial charge on any atom is -0.361 e. The van der Waals surface area contributed by atoms with Crippen LogP contribution < -0.4 is 10.2 Å². The maximum Gasteiger partial charge on any atom is 0.286 e. The molecule has 1 N–H and O–H groups in total.